The van der Waals surface area contributed by atoms with Crippen molar-refractivity contribution < 1.29 is 14.8 Å². The van der Waals surface area contributed by atoms with E-state index in [-0.39, 0.29) is 17.0 Å². The molecule has 1 aromatic carbocycles. The van der Waals surface area contributed by atoms with E-state index >= 15 is 0 Å². The Kier molecular flexibility index (Phi) is 2.05. The summed E-state index contributed by atoms with van der Waals surface area (Å²) in [6.45, 7) is 0. The van der Waals surface area contributed by atoms with Crippen molar-refractivity contribution in [1.29, 1.82) is 0 Å². The summed E-state index contributed by atoms with van der Waals surface area (Å²) in [5.74, 6) is -0.310. The number of phenolic OH excluding ortho intramolecular Hbond substituents is 1. The SMILES string of the molecule is O=[C]c1cc([N+](=O)[O-])ccc1O. The molecular formula is C7H4NO4. The maximum absolute atomic E-state index is 10.2. The van der Waals surface area contributed by atoms with Gasteiger partial charge in [-0.1, -0.05) is 0 Å². The molecule has 61 valence electrons. The summed E-state index contributed by atoms with van der Waals surface area (Å²) in [4.78, 5) is 19.6. The molecule has 1 aromatic rings. The lowest BCUT2D eigenvalue weighted by molar-refractivity contribution is -0.384. The standard InChI is InChI=1S/C7H4NO4/c9-4-5-3-6(8(11)12)1-2-7(5)10/h1-3,10H. The van der Waals surface area contributed by atoms with Crippen molar-refractivity contribution >= 4 is 12.0 Å². The quantitative estimate of drug-likeness (QED) is 0.519. The first-order chi connectivity index (χ1) is 5.65. The number of nitro groups is 1. The predicted molar refractivity (Wildman–Crippen MR) is 39.6 cm³/mol. The molecule has 0 aliphatic heterocycles. The molecule has 12 heavy (non-hydrogen) atoms. The Hall–Kier alpha value is -1.91. The van der Waals surface area contributed by atoms with Crippen molar-refractivity contribution in [2.75, 3.05) is 0 Å². The van der Waals surface area contributed by atoms with Gasteiger partial charge < -0.3 is 5.11 Å². The molecule has 5 nitrogen and oxygen atoms in total. The molecule has 0 aliphatic carbocycles. The third kappa shape index (κ3) is 1.39. The molecule has 1 rings (SSSR count). The molecule has 0 aliphatic rings. The van der Waals surface area contributed by atoms with Crippen LogP contribution in [0.3, 0.4) is 0 Å². The normalized spacial score (nSPS) is 9.33. The van der Waals surface area contributed by atoms with Crippen LogP contribution in [0, 0.1) is 10.1 Å². The number of non-ortho nitro benzene ring substituents is 1. The van der Waals surface area contributed by atoms with Crippen molar-refractivity contribution in [1.82, 2.24) is 0 Å². The van der Waals surface area contributed by atoms with Gasteiger partial charge in [-0.3, -0.25) is 14.9 Å². The van der Waals surface area contributed by atoms with Crippen LogP contribution >= 0.6 is 0 Å². The number of carbonyl (C=O) groups excluding carboxylic acids is 1. The highest BCUT2D eigenvalue weighted by molar-refractivity contribution is 5.80. The highest BCUT2D eigenvalue weighted by atomic mass is 16.6. The molecular weight excluding hydrogens is 162 g/mol. The Labute approximate surface area is 67.4 Å². The Morgan fingerprint density at radius 1 is 1.50 bits per heavy atom. The topological polar surface area (TPSA) is 80.4 Å². The fraction of sp³-hybridized carbons (Fsp3) is 0. The number of phenols is 1. The van der Waals surface area contributed by atoms with Crippen LogP contribution in [0.4, 0.5) is 5.69 Å². The van der Waals surface area contributed by atoms with Gasteiger partial charge in [-0.2, -0.15) is 0 Å². The van der Waals surface area contributed by atoms with Crippen LogP contribution < -0.4 is 0 Å². The highest BCUT2D eigenvalue weighted by Gasteiger charge is 2.09. The lowest BCUT2D eigenvalue weighted by Crippen LogP contribution is -1.89. The Bertz CT molecular complexity index is 334. The number of aromatic hydroxyl groups is 1. The molecule has 0 amide bonds. The monoisotopic (exact) mass is 166 g/mol. The number of nitrogens with zero attached hydrogens (tertiary/aromatic N) is 1. The summed E-state index contributed by atoms with van der Waals surface area (Å²) in [7, 11) is 0. The van der Waals surface area contributed by atoms with Crippen molar-refractivity contribution in [2.45, 2.75) is 0 Å². The molecule has 1 N–H and O–H groups in total. The smallest absolute Gasteiger partial charge is 0.270 e. The fourth-order valence-corrected chi connectivity index (χ4v) is 0.719. The lowest BCUT2D eigenvalue weighted by atomic mass is 10.2. The van der Waals surface area contributed by atoms with Gasteiger partial charge in [-0.25, -0.2) is 0 Å². The molecule has 0 aromatic heterocycles. The average Bonchev–Trinajstić information content (AvgIpc) is 2.05. The van der Waals surface area contributed by atoms with Crippen LogP contribution in [0.15, 0.2) is 18.2 Å². The summed E-state index contributed by atoms with van der Waals surface area (Å²) in [5, 5.41) is 19.1. The Morgan fingerprint density at radius 3 is 2.67 bits per heavy atom. The van der Waals surface area contributed by atoms with E-state index in [0.29, 0.717) is 0 Å². The van der Waals surface area contributed by atoms with Crippen LogP contribution in [0.2, 0.25) is 0 Å². The van der Waals surface area contributed by atoms with E-state index in [0.717, 1.165) is 18.2 Å². The van der Waals surface area contributed by atoms with Gasteiger partial charge in [0.2, 0.25) is 6.29 Å². The lowest BCUT2D eigenvalue weighted by Gasteiger charge is -1.94. The highest BCUT2D eigenvalue weighted by Crippen LogP contribution is 2.20. The molecule has 5 heteroatoms. The van der Waals surface area contributed by atoms with Gasteiger partial charge in [0.25, 0.3) is 5.69 Å². The van der Waals surface area contributed by atoms with E-state index in [1.807, 2.05) is 0 Å². The first-order valence-corrected chi connectivity index (χ1v) is 3.00. The second-order valence-corrected chi connectivity index (χ2v) is 2.06. The van der Waals surface area contributed by atoms with Gasteiger partial charge in [0.1, 0.15) is 5.75 Å². The van der Waals surface area contributed by atoms with Gasteiger partial charge in [-0.15, -0.1) is 0 Å². The minimum Gasteiger partial charge on any atom is -0.507 e. The molecule has 0 saturated carbocycles. The largest absolute Gasteiger partial charge is 0.507 e. The maximum atomic E-state index is 10.2. The number of benzene rings is 1. The van der Waals surface area contributed by atoms with Crippen molar-refractivity contribution in [2.24, 2.45) is 0 Å². The van der Waals surface area contributed by atoms with Crippen molar-refractivity contribution in [3.63, 3.8) is 0 Å². The van der Waals surface area contributed by atoms with Gasteiger partial charge >= 0.3 is 0 Å². The van der Waals surface area contributed by atoms with Crippen LogP contribution in [0.25, 0.3) is 0 Å². The third-order valence-corrected chi connectivity index (χ3v) is 1.30. The summed E-state index contributed by atoms with van der Waals surface area (Å²) >= 11 is 0. The van der Waals surface area contributed by atoms with Gasteiger partial charge in [0, 0.05) is 12.1 Å². The molecule has 0 saturated heterocycles. The fourth-order valence-electron chi connectivity index (χ4n) is 0.719. The van der Waals surface area contributed by atoms with Crippen molar-refractivity contribution in [3.05, 3.63) is 33.9 Å². The van der Waals surface area contributed by atoms with Crippen LogP contribution in [-0.4, -0.2) is 16.3 Å². The van der Waals surface area contributed by atoms with E-state index in [2.05, 4.69) is 0 Å². The third-order valence-electron chi connectivity index (χ3n) is 1.30. The van der Waals surface area contributed by atoms with Crippen LogP contribution in [0.5, 0.6) is 5.75 Å². The van der Waals surface area contributed by atoms with E-state index in [4.69, 9.17) is 5.11 Å². The molecule has 0 heterocycles. The zero-order chi connectivity index (χ0) is 9.14. The first-order valence-electron chi connectivity index (χ1n) is 3.00. The van der Waals surface area contributed by atoms with Crippen LogP contribution in [0.1, 0.15) is 5.56 Å². The molecule has 0 spiro atoms. The zero-order valence-electron chi connectivity index (χ0n) is 5.85. The van der Waals surface area contributed by atoms with Gasteiger partial charge in [-0.05, 0) is 6.07 Å². The summed E-state index contributed by atoms with van der Waals surface area (Å²) in [6.07, 6.45) is 1.39. The Morgan fingerprint density at radius 2 is 2.17 bits per heavy atom. The number of hydrogen-bond donors (Lipinski definition) is 1. The average molecular weight is 166 g/mol. The number of rotatable bonds is 2. The minimum atomic E-state index is -0.653. The van der Waals surface area contributed by atoms with Gasteiger partial charge in [0.05, 0.1) is 10.5 Å². The number of hydrogen-bond acceptors (Lipinski definition) is 4. The molecule has 0 fully saturated rings. The van der Waals surface area contributed by atoms with E-state index < -0.39 is 4.92 Å². The van der Waals surface area contributed by atoms with Crippen LogP contribution in [-0.2, 0) is 4.79 Å². The molecule has 0 bridgehead atoms. The molecule has 0 atom stereocenters. The van der Waals surface area contributed by atoms with E-state index in [1.165, 1.54) is 6.29 Å². The first kappa shape index (κ1) is 8.19. The minimum absolute atomic E-state index is 0.204. The van der Waals surface area contributed by atoms with Crippen molar-refractivity contribution in [3.8, 4) is 5.75 Å². The summed E-state index contributed by atoms with van der Waals surface area (Å²) < 4.78 is 0. The van der Waals surface area contributed by atoms with Gasteiger partial charge in [0.15, 0.2) is 0 Å². The maximum Gasteiger partial charge on any atom is 0.270 e. The molecule has 0 unspecified atom stereocenters. The second-order valence-electron chi connectivity index (χ2n) is 2.06. The second kappa shape index (κ2) is 3.00. The van der Waals surface area contributed by atoms with E-state index in [1.54, 1.807) is 0 Å². The summed E-state index contributed by atoms with van der Waals surface area (Å²) in [5.41, 5.74) is -0.449. The number of nitro benzene ring substituents is 1. The predicted octanol–water partition coefficient (Wildman–Crippen LogP) is 0.758. The Balaban J connectivity index is 3.22. The molecule has 1 radical (unpaired) electrons. The summed E-state index contributed by atoms with van der Waals surface area (Å²) in [6, 6.07) is 3.15. The van der Waals surface area contributed by atoms with E-state index in [9.17, 15) is 14.9 Å². The zero-order valence-corrected chi connectivity index (χ0v) is 5.85.